The highest BCUT2D eigenvalue weighted by Gasteiger charge is 2.08. The first-order valence-corrected chi connectivity index (χ1v) is 3.04. The third kappa shape index (κ3) is 1.37. The van der Waals surface area contributed by atoms with Crippen molar-refractivity contribution in [3.63, 3.8) is 0 Å². The highest BCUT2D eigenvalue weighted by Crippen LogP contribution is 2.05. The van der Waals surface area contributed by atoms with Gasteiger partial charge in [-0.3, -0.25) is 4.90 Å². The first kappa shape index (κ1) is 6.86. The van der Waals surface area contributed by atoms with E-state index in [0.717, 1.165) is 5.57 Å². The average molecular weight is 139 g/mol. The molecule has 10 heavy (non-hydrogen) atoms. The number of carboxylic acid groups (broad SMARTS) is 1. The molecule has 0 radical (unpaired) electrons. The van der Waals surface area contributed by atoms with E-state index in [9.17, 15) is 4.79 Å². The van der Waals surface area contributed by atoms with E-state index in [0.29, 0.717) is 6.54 Å². The fourth-order valence-corrected chi connectivity index (χ4v) is 0.827. The second-order valence-corrected chi connectivity index (χ2v) is 2.21. The van der Waals surface area contributed by atoms with Gasteiger partial charge in [-0.05, 0) is 12.5 Å². The number of hydrogen-bond acceptors (Lipinski definition) is 1. The highest BCUT2D eigenvalue weighted by atomic mass is 16.4. The number of amides is 1. The van der Waals surface area contributed by atoms with Gasteiger partial charge in [0.15, 0.2) is 0 Å². The van der Waals surface area contributed by atoms with Gasteiger partial charge in [-0.1, -0.05) is 12.2 Å². The molecule has 0 aromatic heterocycles. The predicted octanol–water partition coefficient (Wildman–Crippen LogP) is 1.44. The Morgan fingerprint density at radius 3 is 2.90 bits per heavy atom. The molecule has 0 unspecified atom stereocenters. The minimum Gasteiger partial charge on any atom is -0.465 e. The normalized spacial score (nSPS) is 16.9. The molecular weight excluding hydrogens is 130 g/mol. The minimum atomic E-state index is -0.899. The average Bonchev–Trinajstić information content (AvgIpc) is 1.88. The van der Waals surface area contributed by atoms with Crippen LogP contribution in [0, 0.1) is 0 Å². The lowest BCUT2D eigenvalue weighted by molar-refractivity contribution is 0.166. The largest absolute Gasteiger partial charge is 0.465 e. The molecule has 0 saturated heterocycles. The second-order valence-electron chi connectivity index (χ2n) is 2.21. The lowest BCUT2D eigenvalue weighted by atomic mass is 10.2. The molecule has 0 aromatic rings. The van der Waals surface area contributed by atoms with Gasteiger partial charge < -0.3 is 5.11 Å². The SMILES string of the molecule is CC1=CN(C(=O)O)CC=C1. The summed E-state index contributed by atoms with van der Waals surface area (Å²) in [6.45, 7) is 2.33. The van der Waals surface area contributed by atoms with Gasteiger partial charge in [-0.15, -0.1) is 0 Å². The van der Waals surface area contributed by atoms with Gasteiger partial charge in [0.2, 0.25) is 0 Å². The lowest BCUT2D eigenvalue weighted by Gasteiger charge is -2.15. The van der Waals surface area contributed by atoms with E-state index in [1.54, 1.807) is 6.20 Å². The summed E-state index contributed by atoms with van der Waals surface area (Å²) in [6.07, 6.45) is 4.44. The zero-order valence-electron chi connectivity index (χ0n) is 5.74. The van der Waals surface area contributed by atoms with Gasteiger partial charge in [0.1, 0.15) is 0 Å². The van der Waals surface area contributed by atoms with E-state index < -0.39 is 6.09 Å². The fourth-order valence-electron chi connectivity index (χ4n) is 0.827. The summed E-state index contributed by atoms with van der Waals surface area (Å²) in [5.74, 6) is 0. The van der Waals surface area contributed by atoms with Crippen molar-refractivity contribution in [3.05, 3.63) is 23.9 Å². The van der Waals surface area contributed by atoms with Crippen LogP contribution in [0.1, 0.15) is 6.92 Å². The Kier molecular flexibility index (Phi) is 1.76. The molecule has 0 spiro atoms. The van der Waals surface area contributed by atoms with E-state index in [1.807, 2.05) is 19.1 Å². The van der Waals surface area contributed by atoms with Crippen molar-refractivity contribution in [3.8, 4) is 0 Å². The Balaban J connectivity index is 2.69. The predicted molar refractivity (Wildman–Crippen MR) is 37.6 cm³/mol. The molecule has 0 aliphatic carbocycles. The Bertz CT molecular complexity index is 206. The zero-order valence-corrected chi connectivity index (χ0v) is 5.74. The van der Waals surface area contributed by atoms with Gasteiger partial charge in [0.25, 0.3) is 0 Å². The third-order valence-corrected chi connectivity index (χ3v) is 1.29. The van der Waals surface area contributed by atoms with Crippen molar-refractivity contribution in [1.82, 2.24) is 4.90 Å². The summed E-state index contributed by atoms with van der Waals surface area (Å²) in [6, 6.07) is 0. The molecule has 1 aliphatic rings. The lowest BCUT2D eigenvalue weighted by Crippen LogP contribution is -2.25. The number of hydrogen-bond donors (Lipinski definition) is 1. The van der Waals surface area contributed by atoms with Crippen molar-refractivity contribution in [1.29, 1.82) is 0 Å². The summed E-state index contributed by atoms with van der Waals surface area (Å²) in [7, 11) is 0. The van der Waals surface area contributed by atoms with Crippen molar-refractivity contribution in [2.24, 2.45) is 0 Å². The molecule has 3 heteroatoms. The summed E-state index contributed by atoms with van der Waals surface area (Å²) < 4.78 is 0. The maximum atomic E-state index is 10.3. The van der Waals surface area contributed by atoms with E-state index in [1.165, 1.54) is 4.90 Å². The summed E-state index contributed by atoms with van der Waals surface area (Å²) >= 11 is 0. The van der Waals surface area contributed by atoms with E-state index in [4.69, 9.17) is 5.11 Å². The number of nitrogens with zero attached hydrogens (tertiary/aromatic N) is 1. The number of carbonyl (C=O) groups is 1. The molecule has 54 valence electrons. The van der Waals surface area contributed by atoms with Crippen LogP contribution >= 0.6 is 0 Å². The quantitative estimate of drug-likeness (QED) is 0.551. The van der Waals surface area contributed by atoms with Gasteiger partial charge in [-0.2, -0.15) is 0 Å². The van der Waals surface area contributed by atoms with Crippen LogP contribution in [0.5, 0.6) is 0 Å². The van der Waals surface area contributed by atoms with E-state index in [2.05, 4.69) is 0 Å². The van der Waals surface area contributed by atoms with Crippen LogP contribution in [-0.4, -0.2) is 22.6 Å². The first-order valence-electron chi connectivity index (χ1n) is 3.04. The van der Waals surface area contributed by atoms with Gasteiger partial charge in [0, 0.05) is 12.7 Å². The van der Waals surface area contributed by atoms with Crippen molar-refractivity contribution >= 4 is 6.09 Å². The molecule has 0 atom stereocenters. The standard InChI is InChI=1S/C7H9NO2/c1-6-3-2-4-8(5-6)7(9)10/h2-3,5H,4H2,1H3,(H,9,10). The first-order chi connectivity index (χ1) is 4.70. The minimum absolute atomic E-state index is 0.465. The molecule has 1 rings (SSSR count). The maximum Gasteiger partial charge on any atom is 0.411 e. The molecule has 0 fully saturated rings. The van der Waals surface area contributed by atoms with Gasteiger partial charge >= 0.3 is 6.09 Å². The molecule has 1 N–H and O–H groups in total. The molecule has 1 aliphatic heterocycles. The Morgan fingerprint density at radius 2 is 2.50 bits per heavy atom. The molecular formula is C7H9NO2. The van der Waals surface area contributed by atoms with Crippen molar-refractivity contribution < 1.29 is 9.90 Å². The van der Waals surface area contributed by atoms with Crippen LogP contribution in [0.4, 0.5) is 4.79 Å². The van der Waals surface area contributed by atoms with Crippen LogP contribution in [0.2, 0.25) is 0 Å². The Labute approximate surface area is 59.3 Å². The van der Waals surface area contributed by atoms with Crippen LogP contribution in [0.15, 0.2) is 23.9 Å². The van der Waals surface area contributed by atoms with Crippen LogP contribution in [0.25, 0.3) is 0 Å². The Morgan fingerprint density at radius 1 is 1.80 bits per heavy atom. The van der Waals surface area contributed by atoms with Gasteiger partial charge in [-0.25, -0.2) is 4.79 Å². The van der Waals surface area contributed by atoms with Crippen LogP contribution < -0.4 is 0 Å². The maximum absolute atomic E-state index is 10.3. The third-order valence-electron chi connectivity index (χ3n) is 1.29. The van der Waals surface area contributed by atoms with Crippen molar-refractivity contribution in [2.75, 3.05) is 6.54 Å². The monoisotopic (exact) mass is 139 g/mol. The summed E-state index contributed by atoms with van der Waals surface area (Å²) in [5, 5.41) is 8.50. The van der Waals surface area contributed by atoms with Crippen molar-refractivity contribution in [2.45, 2.75) is 6.92 Å². The zero-order chi connectivity index (χ0) is 7.56. The molecule has 1 heterocycles. The summed E-state index contributed by atoms with van der Waals surface area (Å²) in [5.41, 5.74) is 0.966. The molecule has 0 saturated carbocycles. The van der Waals surface area contributed by atoms with Gasteiger partial charge in [0.05, 0.1) is 0 Å². The number of allylic oxidation sites excluding steroid dienone is 2. The van der Waals surface area contributed by atoms with Crippen LogP contribution in [0.3, 0.4) is 0 Å². The van der Waals surface area contributed by atoms with E-state index in [-0.39, 0.29) is 0 Å². The fraction of sp³-hybridized carbons (Fsp3) is 0.286. The summed E-state index contributed by atoms with van der Waals surface area (Å²) in [4.78, 5) is 11.6. The van der Waals surface area contributed by atoms with Crippen LogP contribution in [-0.2, 0) is 0 Å². The molecule has 3 nitrogen and oxygen atoms in total. The Hall–Kier alpha value is -1.25. The van der Waals surface area contributed by atoms with E-state index >= 15 is 0 Å². The molecule has 0 aromatic carbocycles. The second kappa shape index (κ2) is 2.56. The topological polar surface area (TPSA) is 40.5 Å². The number of rotatable bonds is 0. The smallest absolute Gasteiger partial charge is 0.411 e. The highest BCUT2D eigenvalue weighted by molar-refractivity contribution is 5.67. The molecule has 1 amide bonds. The molecule has 0 bridgehead atoms.